The predicted octanol–water partition coefficient (Wildman–Crippen LogP) is 3.74. The Bertz CT molecular complexity index is 946. The molecule has 0 aliphatic rings. The highest BCUT2D eigenvalue weighted by Gasteiger charge is 2.10. The van der Waals surface area contributed by atoms with Gasteiger partial charge in [0.1, 0.15) is 17.8 Å². The van der Waals surface area contributed by atoms with Crippen molar-refractivity contribution in [3.63, 3.8) is 0 Å². The molecule has 0 aliphatic carbocycles. The van der Waals surface area contributed by atoms with E-state index in [1.165, 1.54) is 18.5 Å². The SMILES string of the molecule is Cc1cccc(CNC(=O)c2cc(Nc3ccc(F)c(F)c3)ncn2)c1. The van der Waals surface area contributed by atoms with Crippen molar-refractivity contribution in [2.24, 2.45) is 0 Å². The minimum Gasteiger partial charge on any atom is -0.347 e. The molecule has 3 aromatic rings. The van der Waals surface area contributed by atoms with Crippen LogP contribution < -0.4 is 10.6 Å². The molecule has 0 atom stereocenters. The quantitative estimate of drug-likeness (QED) is 0.733. The lowest BCUT2D eigenvalue weighted by Crippen LogP contribution is -2.24. The second-order valence-electron chi connectivity index (χ2n) is 5.71. The van der Waals surface area contributed by atoms with Crippen molar-refractivity contribution in [1.29, 1.82) is 0 Å². The second kappa shape index (κ2) is 7.69. The average Bonchev–Trinajstić information content (AvgIpc) is 2.63. The van der Waals surface area contributed by atoms with Crippen molar-refractivity contribution in [3.8, 4) is 0 Å². The maximum absolute atomic E-state index is 13.3. The summed E-state index contributed by atoms with van der Waals surface area (Å²) in [6, 6.07) is 12.6. The van der Waals surface area contributed by atoms with Crippen LogP contribution in [0.5, 0.6) is 0 Å². The van der Waals surface area contributed by atoms with Gasteiger partial charge in [0.15, 0.2) is 11.6 Å². The molecule has 0 aliphatic heterocycles. The van der Waals surface area contributed by atoms with Gasteiger partial charge in [-0.05, 0) is 24.6 Å². The van der Waals surface area contributed by atoms with Crippen LogP contribution in [0.4, 0.5) is 20.3 Å². The van der Waals surface area contributed by atoms with Crippen molar-refractivity contribution in [2.75, 3.05) is 5.32 Å². The van der Waals surface area contributed by atoms with Crippen LogP contribution in [0.15, 0.2) is 54.9 Å². The summed E-state index contributed by atoms with van der Waals surface area (Å²) in [7, 11) is 0. The monoisotopic (exact) mass is 354 g/mol. The number of hydrogen-bond acceptors (Lipinski definition) is 4. The normalized spacial score (nSPS) is 10.4. The van der Waals surface area contributed by atoms with Crippen molar-refractivity contribution >= 4 is 17.4 Å². The minimum absolute atomic E-state index is 0.165. The van der Waals surface area contributed by atoms with Crippen molar-refractivity contribution < 1.29 is 13.6 Å². The van der Waals surface area contributed by atoms with E-state index in [0.717, 1.165) is 23.3 Å². The molecule has 5 nitrogen and oxygen atoms in total. The fourth-order valence-corrected chi connectivity index (χ4v) is 2.37. The first-order chi connectivity index (χ1) is 12.5. The molecule has 2 aromatic carbocycles. The third kappa shape index (κ3) is 4.38. The zero-order valence-corrected chi connectivity index (χ0v) is 14.0. The first kappa shape index (κ1) is 17.5. The van der Waals surface area contributed by atoms with Gasteiger partial charge in [-0.15, -0.1) is 0 Å². The summed E-state index contributed by atoms with van der Waals surface area (Å²) < 4.78 is 26.2. The third-order valence-electron chi connectivity index (χ3n) is 3.63. The number of aromatic nitrogens is 2. The molecule has 0 bridgehead atoms. The number of halogens is 2. The van der Waals surface area contributed by atoms with Crippen LogP contribution >= 0.6 is 0 Å². The molecule has 0 fully saturated rings. The van der Waals surface area contributed by atoms with Gasteiger partial charge in [-0.2, -0.15) is 0 Å². The molecular weight excluding hydrogens is 338 g/mol. The van der Waals surface area contributed by atoms with E-state index in [4.69, 9.17) is 0 Å². The van der Waals surface area contributed by atoms with Crippen LogP contribution in [-0.4, -0.2) is 15.9 Å². The summed E-state index contributed by atoms with van der Waals surface area (Å²) in [4.78, 5) is 20.2. The van der Waals surface area contributed by atoms with Crippen molar-refractivity contribution in [2.45, 2.75) is 13.5 Å². The summed E-state index contributed by atoms with van der Waals surface area (Å²) in [5, 5.41) is 5.59. The van der Waals surface area contributed by atoms with E-state index in [-0.39, 0.29) is 11.6 Å². The Hall–Kier alpha value is -3.35. The van der Waals surface area contributed by atoms with Crippen LogP contribution in [0.3, 0.4) is 0 Å². The Morgan fingerprint density at radius 1 is 1.04 bits per heavy atom. The molecule has 0 unspecified atom stereocenters. The smallest absolute Gasteiger partial charge is 0.270 e. The number of carbonyl (C=O) groups is 1. The van der Waals surface area contributed by atoms with E-state index in [0.29, 0.717) is 18.1 Å². The summed E-state index contributed by atoms with van der Waals surface area (Å²) in [6.07, 6.45) is 1.23. The van der Waals surface area contributed by atoms with E-state index >= 15 is 0 Å². The fraction of sp³-hybridized carbons (Fsp3) is 0.105. The summed E-state index contributed by atoms with van der Waals surface area (Å²) in [5.41, 5.74) is 2.57. The molecule has 2 N–H and O–H groups in total. The van der Waals surface area contributed by atoms with Gasteiger partial charge >= 0.3 is 0 Å². The lowest BCUT2D eigenvalue weighted by atomic mass is 10.1. The Kier molecular flexibility index (Phi) is 5.17. The number of rotatable bonds is 5. The van der Waals surface area contributed by atoms with Gasteiger partial charge in [-0.1, -0.05) is 29.8 Å². The first-order valence-electron chi connectivity index (χ1n) is 7.89. The average molecular weight is 354 g/mol. The third-order valence-corrected chi connectivity index (χ3v) is 3.63. The van der Waals surface area contributed by atoms with Crippen LogP contribution in [0, 0.1) is 18.6 Å². The number of amides is 1. The number of nitrogens with one attached hydrogen (secondary N) is 2. The molecule has 1 heterocycles. The van der Waals surface area contributed by atoms with Crippen molar-refractivity contribution in [1.82, 2.24) is 15.3 Å². The van der Waals surface area contributed by atoms with Crippen molar-refractivity contribution in [3.05, 3.63) is 83.3 Å². The minimum atomic E-state index is -0.972. The standard InChI is InChI=1S/C19H16F2N4O/c1-12-3-2-4-13(7-12)10-22-19(26)17-9-18(24-11-23-17)25-14-5-6-15(20)16(21)8-14/h2-9,11H,10H2,1H3,(H,22,26)(H,23,24,25). The van der Waals surface area contributed by atoms with Crippen LogP contribution in [-0.2, 0) is 6.54 Å². The number of anilines is 2. The Morgan fingerprint density at radius 2 is 1.88 bits per heavy atom. The van der Waals surface area contributed by atoms with Gasteiger partial charge in [-0.25, -0.2) is 18.7 Å². The number of nitrogens with zero attached hydrogens (tertiary/aromatic N) is 2. The molecule has 0 radical (unpaired) electrons. The molecule has 3 rings (SSSR count). The van der Waals surface area contributed by atoms with Crippen LogP contribution in [0.25, 0.3) is 0 Å². The summed E-state index contributed by atoms with van der Waals surface area (Å²) >= 11 is 0. The summed E-state index contributed by atoms with van der Waals surface area (Å²) in [6.45, 7) is 2.35. The van der Waals surface area contributed by atoms with Gasteiger partial charge in [0.25, 0.3) is 5.91 Å². The molecule has 0 saturated carbocycles. The van der Waals surface area contributed by atoms with E-state index in [9.17, 15) is 13.6 Å². The van der Waals surface area contributed by atoms with Gasteiger partial charge < -0.3 is 10.6 Å². The fourth-order valence-electron chi connectivity index (χ4n) is 2.37. The highest BCUT2D eigenvalue weighted by molar-refractivity contribution is 5.92. The maximum atomic E-state index is 13.3. The predicted molar refractivity (Wildman–Crippen MR) is 94.0 cm³/mol. The van der Waals surface area contributed by atoms with Gasteiger partial charge in [0.05, 0.1) is 0 Å². The largest absolute Gasteiger partial charge is 0.347 e. The Labute approximate surface area is 149 Å². The van der Waals surface area contributed by atoms with E-state index < -0.39 is 11.6 Å². The van der Waals surface area contributed by atoms with Gasteiger partial charge in [0.2, 0.25) is 0 Å². The second-order valence-corrected chi connectivity index (χ2v) is 5.71. The number of carbonyl (C=O) groups excluding carboxylic acids is 1. The number of aryl methyl sites for hydroxylation is 1. The number of benzene rings is 2. The first-order valence-corrected chi connectivity index (χ1v) is 7.89. The lowest BCUT2D eigenvalue weighted by molar-refractivity contribution is 0.0946. The zero-order chi connectivity index (χ0) is 18.5. The topological polar surface area (TPSA) is 66.9 Å². The maximum Gasteiger partial charge on any atom is 0.270 e. The highest BCUT2D eigenvalue weighted by Crippen LogP contribution is 2.17. The molecule has 132 valence electrons. The van der Waals surface area contributed by atoms with Gasteiger partial charge in [0, 0.05) is 24.4 Å². The van der Waals surface area contributed by atoms with E-state index in [1.807, 2.05) is 31.2 Å². The number of hydrogen-bond donors (Lipinski definition) is 2. The molecule has 0 spiro atoms. The van der Waals surface area contributed by atoms with E-state index in [1.54, 1.807) is 0 Å². The van der Waals surface area contributed by atoms with E-state index in [2.05, 4.69) is 20.6 Å². The zero-order valence-electron chi connectivity index (χ0n) is 14.0. The van der Waals surface area contributed by atoms with Gasteiger partial charge in [-0.3, -0.25) is 4.79 Å². The molecule has 1 aromatic heterocycles. The molecule has 0 saturated heterocycles. The molecular formula is C19H16F2N4O. The Morgan fingerprint density at radius 3 is 2.65 bits per heavy atom. The van der Waals surface area contributed by atoms with Crippen LogP contribution in [0.2, 0.25) is 0 Å². The lowest BCUT2D eigenvalue weighted by Gasteiger charge is -2.08. The Balaban J connectivity index is 1.67. The molecule has 1 amide bonds. The molecule has 26 heavy (non-hydrogen) atoms. The highest BCUT2D eigenvalue weighted by atomic mass is 19.2. The van der Waals surface area contributed by atoms with Crippen LogP contribution in [0.1, 0.15) is 21.6 Å². The molecule has 7 heteroatoms. The summed E-state index contributed by atoms with van der Waals surface area (Å²) in [5.74, 6) is -1.97.